The van der Waals surface area contributed by atoms with Gasteiger partial charge in [-0.15, -0.1) is 0 Å². The van der Waals surface area contributed by atoms with Crippen molar-refractivity contribution in [3.63, 3.8) is 0 Å². The number of fused-ring (bicyclic) bond motifs is 1. The fourth-order valence-corrected chi connectivity index (χ4v) is 3.12. The molecule has 1 aromatic carbocycles. The Morgan fingerprint density at radius 3 is 2.50 bits per heavy atom. The number of nitrogens with zero attached hydrogens (tertiary/aromatic N) is 1. The van der Waals surface area contributed by atoms with Gasteiger partial charge in [0.1, 0.15) is 0 Å². The van der Waals surface area contributed by atoms with Crippen LogP contribution in [0, 0.1) is 0 Å². The van der Waals surface area contributed by atoms with E-state index in [0.29, 0.717) is 12.1 Å². The van der Waals surface area contributed by atoms with Crippen molar-refractivity contribution in [2.75, 3.05) is 4.90 Å². The maximum atomic E-state index is 3.57. The molecule has 0 saturated heterocycles. The van der Waals surface area contributed by atoms with Crippen LogP contribution in [0.15, 0.2) is 22.7 Å². The molecule has 0 spiro atoms. The largest absolute Gasteiger partial charge is 0.365 e. The minimum atomic E-state index is 0.226. The second-order valence-electron chi connectivity index (χ2n) is 5.56. The van der Waals surface area contributed by atoms with Crippen LogP contribution in [-0.2, 0) is 5.41 Å². The van der Waals surface area contributed by atoms with Crippen LogP contribution in [0.25, 0.3) is 0 Å². The predicted molar refractivity (Wildman–Crippen MR) is 74.2 cm³/mol. The zero-order chi connectivity index (χ0) is 12.1. The van der Waals surface area contributed by atoms with Gasteiger partial charge in [0.15, 0.2) is 0 Å². The Morgan fingerprint density at radius 2 is 1.94 bits per heavy atom. The average Bonchev–Trinajstić information content (AvgIpc) is 2.37. The van der Waals surface area contributed by atoms with Gasteiger partial charge in [-0.25, -0.2) is 0 Å². The molecule has 1 aliphatic rings. The van der Waals surface area contributed by atoms with E-state index in [4.69, 9.17) is 0 Å². The highest BCUT2D eigenvalue weighted by Gasteiger charge is 2.42. The zero-order valence-electron chi connectivity index (χ0n) is 10.7. The van der Waals surface area contributed by atoms with E-state index in [9.17, 15) is 0 Å². The van der Waals surface area contributed by atoms with Crippen molar-refractivity contribution in [2.24, 2.45) is 0 Å². The molecule has 2 rings (SSSR count). The molecule has 16 heavy (non-hydrogen) atoms. The standard InChI is InChI=1S/C14H20BrN/c1-9(2)16-10(3)14(4,5)12-8-11(15)6-7-13(12)16/h6-10H,1-5H3. The predicted octanol–water partition coefficient (Wildman–Crippen LogP) is 4.34. The molecular weight excluding hydrogens is 262 g/mol. The molecule has 0 N–H and O–H groups in total. The molecule has 1 aromatic rings. The van der Waals surface area contributed by atoms with Crippen molar-refractivity contribution in [1.82, 2.24) is 0 Å². The van der Waals surface area contributed by atoms with Crippen LogP contribution in [0.1, 0.15) is 40.2 Å². The van der Waals surface area contributed by atoms with Crippen molar-refractivity contribution < 1.29 is 0 Å². The first-order valence-corrected chi connectivity index (χ1v) is 6.73. The molecule has 1 unspecified atom stereocenters. The van der Waals surface area contributed by atoms with Crippen molar-refractivity contribution >= 4 is 21.6 Å². The topological polar surface area (TPSA) is 3.24 Å². The number of benzene rings is 1. The number of halogens is 1. The Kier molecular flexibility index (Phi) is 2.82. The summed E-state index contributed by atoms with van der Waals surface area (Å²) < 4.78 is 1.18. The highest BCUT2D eigenvalue weighted by atomic mass is 79.9. The van der Waals surface area contributed by atoms with Gasteiger partial charge in [-0.1, -0.05) is 29.8 Å². The van der Waals surface area contributed by atoms with Gasteiger partial charge in [-0.05, 0) is 44.5 Å². The highest BCUT2D eigenvalue weighted by molar-refractivity contribution is 9.10. The summed E-state index contributed by atoms with van der Waals surface area (Å²) in [5, 5.41) is 0. The second kappa shape index (κ2) is 3.76. The Hall–Kier alpha value is -0.500. The van der Waals surface area contributed by atoms with Gasteiger partial charge in [-0.2, -0.15) is 0 Å². The van der Waals surface area contributed by atoms with Gasteiger partial charge in [0.05, 0.1) is 0 Å². The van der Waals surface area contributed by atoms with E-state index in [0.717, 1.165) is 0 Å². The lowest BCUT2D eigenvalue weighted by molar-refractivity contribution is 0.425. The second-order valence-corrected chi connectivity index (χ2v) is 6.48. The van der Waals surface area contributed by atoms with E-state index < -0.39 is 0 Å². The molecule has 0 radical (unpaired) electrons. The molecule has 2 heteroatoms. The Bertz CT molecular complexity index is 409. The summed E-state index contributed by atoms with van der Waals surface area (Å²) >= 11 is 3.57. The lowest BCUT2D eigenvalue weighted by Gasteiger charge is -2.34. The van der Waals surface area contributed by atoms with Gasteiger partial charge in [0.25, 0.3) is 0 Å². The third kappa shape index (κ3) is 1.58. The average molecular weight is 282 g/mol. The molecule has 88 valence electrons. The number of anilines is 1. The monoisotopic (exact) mass is 281 g/mol. The summed E-state index contributed by atoms with van der Waals surface area (Å²) in [5.41, 5.74) is 3.09. The molecule has 0 fully saturated rings. The van der Waals surface area contributed by atoms with E-state index in [1.165, 1.54) is 15.7 Å². The normalized spacial score (nSPS) is 22.7. The first kappa shape index (κ1) is 12.0. The maximum Gasteiger partial charge on any atom is 0.0410 e. The fourth-order valence-electron chi connectivity index (χ4n) is 2.76. The molecule has 0 aromatic heterocycles. The van der Waals surface area contributed by atoms with Gasteiger partial charge >= 0.3 is 0 Å². The van der Waals surface area contributed by atoms with Gasteiger partial charge in [0.2, 0.25) is 0 Å². The number of hydrogen-bond donors (Lipinski definition) is 0. The lowest BCUT2D eigenvalue weighted by Crippen LogP contribution is -2.42. The zero-order valence-corrected chi connectivity index (χ0v) is 12.3. The molecule has 1 heterocycles. The Morgan fingerprint density at radius 1 is 1.31 bits per heavy atom. The van der Waals surface area contributed by atoms with Gasteiger partial charge < -0.3 is 4.90 Å². The summed E-state index contributed by atoms with van der Waals surface area (Å²) in [6, 6.07) is 7.76. The minimum absolute atomic E-state index is 0.226. The Balaban J connectivity index is 2.60. The summed E-state index contributed by atoms with van der Waals surface area (Å²) in [4.78, 5) is 2.53. The summed E-state index contributed by atoms with van der Waals surface area (Å²) in [7, 11) is 0. The van der Waals surface area contributed by atoms with Crippen molar-refractivity contribution in [1.29, 1.82) is 0 Å². The maximum absolute atomic E-state index is 3.57. The SMILES string of the molecule is CC(C)N1c2ccc(Br)cc2C(C)(C)C1C. The number of hydrogen-bond acceptors (Lipinski definition) is 1. The third-order valence-electron chi connectivity index (χ3n) is 3.95. The first-order chi connectivity index (χ1) is 7.35. The lowest BCUT2D eigenvalue weighted by atomic mass is 9.81. The van der Waals surface area contributed by atoms with Gasteiger partial charge in [0, 0.05) is 27.7 Å². The van der Waals surface area contributed by atoms with Crippen LogP contribution in [-0.4, -0.2) is 12.1 Å². The summed E-state index contributed by atoms with van der Waals surface area (Å²) in [6.07, 6.45) is 0. The summed E-state index contributed by atoms with van der Waals surface area (Å²) in [6.45, 7) is 11.5. The molecular formula is C14H20BrN. The Labute approximate surface area is 107 Å². The van der Waals surface area contributed by atoms with E-state index in [1.54, 1.807) is 0 Å². The third-order valence-corrected chi connectivity index (χ3v) is 4.44. The van der Waals surface area contributed by atoms with E-state index in [-0.39, 0.29) is 5.41 Å². The van der Waals surface area contributed by atoms with Crippen LogP contribution < -0.4 is 4.90 Å². The molecule has 0 amide bonds. The molecule has 0 bridgehead atoms. The van der Waals surface area contributed by atoms with Crippen LogP contribution in [0.3, 0.4) is 0 Å². The van der Waals surface area contributed by atoms with E-state index in [2.05, 4.69) is 73.6 Å². The van der Waals surface area contributed by atoms with E-state index in [1.807, 2.05) is 0 Å². The van der Waals surface area contributed by atoms with Gasteiger partial charge in [-0.3, -0.25) is 0 Å². The molecule has 1 aliphatic heterocycles. The molecule has 1 atom stereocenters. The fraction of sp³-hybridized carbons (Fsp3) is 0.571. The first-order valence-electron chi connectivity index (χ1n) is 5.94. The smallest absolute Gasteiger partial charge is 0.0410 e. The van der Waals surface area contributed by atoms with E-state index >= 15 is 0 Å². The van der Waals surface area contributed by atoms with Crippen LogP contribution in [0.2, 0.25) is 0 Å². The van der Waals surface area contributed by atoms with Crippen LogP contribution in [0.5, 0.6) is 0 Å². The van der Waals surface area contributed by atoms with Crippen molar-refractivity contribution in [2.45, 2.75) is 52.1 Å². The molecule has 1 nitrogen and oxygen atoms in total. The highest BCUT2D eigenvalue weighted by Crippen LogP contribution is 2.46. The minimum Gasteiger partial charge on any atom is -0.365 e. The quantitative estimate of drug-likeness (QED) is 0.740. The van der Waals surface area contributed by atoms with Crippen LogP contribution >= 0.6 is 15.9 Å². The molecule has 0 saturated carbocycles. The van der Waals surface area contributed by atoms with Crippen molar-refractivity contribution in [3.05, 3.63) is 28.2 Å². The number of rotatable bonds is 1. The van der Waals surface area contributed by atoms with Crippen molar-refractivity contribution in [3.8, 4) is 0 Å². The summed E-state index contributed by atoms with van der Waals surface area (Å²) in [5.74, 6) is 0. The molecule has 0 aliphatic carbocycles. The van der Waals surface area contributed by atoms with Crippen LogP contribution in [0.4, 0.5) is 5.69 Å².